The number of rotatable bonds is 7. The van der Waals surface area contributed by atoms with Gasteiger partial charge in [0.1, 0.15) is 17.3 Å². The Labute approximate surface area is 202 Å². The van der Waals surface area contributed by atoms with Crippen LogP contribution in [0.2, 0.25) is 0 Å². The Morgan fingerprint density at radius 1 is 0.857 bits per heavy atom. The molecule has 1 amide bonds. The minimum atomic E-state index is -3.89. The van der Waals surface area contributed by atoms with Gasteiger partial charge >= 0.3 is 0 Å². The van der Waals surface area contributed by atoms with Crippen LogP contribution in [0.3, 0.4) is 0 Å². The molecule has 6 N–H and O–H groups in total. The molecule has 0 saturated heterocycles. The second kappa shape index (κ2) is 9.80. The number of sulfonamides is 1. The van der Waals surface area contributed by atoms with Crippen LogP contribution in [0.1, 0.15) is 15.9 Å². The Bertz CT molecular complexity index is 1520. The fourth-order valence-corrected chi connectivity index (χ4v) is 4.24. The van der Waals surface area contributed by atoms with Crippen LogP contribution in [0.4, 0.5) is 5.69 Å². The molecule has 0 aromatic heterocycles. The zero-order valence-electron chi connectivity index (χ0n) is 18.4. The number of hydrogen-bond donors (Lipinski definition) is 4. The van der Waals surface area contributed by atoms with Crippen molar-refractivity contribution in [3.63, 3.8) is 0 Å². The highest BCUT2D eigenvalue weighted by molar-refractivity contribution is 7.89. The molecule has 0 heterocycles. The standard InChI is InChI=1S/C26H22N4O4S/c27-25(28)18-6-5-7-20(16-18)34-23-10-3-1-9-22(23)26(31)30-19-14-12-17(13-15-19)21-8-2-4-11-24(21)35(29,32)33/h1-16H,(H3,27,28)(H,30,31)(H2,29,32,33). The van der Waals surface area contributed by atoms with Gasteiger partial charge in [0.15, 0.2) is 0 Å². The van der Waals surface area contributed by atoms with Gasteiger partial charge in [0.25, 0.3) is 5.91 Å². The van der Waals surface area contributed by atoms with Crippen molar-refractivity contribution in [3.05, 3.63) is 108 Å². The van der Waals surface area contributed by atoms with E-state index in [0.717, 1.165) is 0 Å². The quantitative estimate of drug-likeness (QED) is 0.227. The molecule has 0 radical (unpaired) electrons. The minimum Gasteiger partial charge on any atom is -0.457 e. The number of nitrogens with two attached hydrogens (primary N) is 2. The fraction of sp³-hybridized carbons (Fsp3) is 0. The molecule has 4 aromatic carbocycles. The largest absolute Gasteiger partial charge is 0.457 e. The molecule has 0 aliphatic heterocycles. The van der Waals surface area contributed by atoms with Crippen molar-refractivity contribution in [1.29, 1.82) is 5.41 Å². The Morgan fingerprint density at radius 2 is 1.54 bits per heavy atom. The van der Waals surface area contributed by atoms with E-state index in [1.54, 1.807) is 91.0 Å². The average Bonchev–Trinajstić information content (AvgIpc) is 2.84. The highest BCUT2D eigenvalue weighted by atomic mass is 32.2. The molecule has 0 atom stereocenters. The van der Waals surface area contributed by atoms with Gasteiger partial charge in [-0.15, -0.1) is 0 Å². The van der Waals surface area contributed by atoms with E-state index in [1.165, 1.54) is 6.07 Å². The third-order valence-corrected chi connectivity index (χ3v) is 6.12. The topological polar surface area (TPSA) is 148 Å². The van der Waals surface area contributed by atoms with Crippen molar-refractivity contribution in [3.8, 4) is 22.6 Å². The third-order valence-electron chi connectivity index (χ3n) is 5.15. The van der Waals surface area contributed by atoms with Gasteiger partial charge in [-0.2, -0.15) is 0 Å². The molecule has 0 unspecified atom stereocenters. The molecule has 0 fully saturated rings. The van der Waals surface area contributed by atoms with Crippen molar-refractivity contribution in [1.82, 2.24) is 0 Å². The first-order chi connectivity index (χ1) is 16.7. The smallest absolute Gasteiger partial charge is 0.259 e. The van der Waals surface area contributed by atoms with Crippen LogP contribution in [0.15, 0.2) is 102 Å². The number of nitrogen functional groups attached to an aromatic ring is 1. The molecular weight excluding hydrogens is 464 g/mol. The van der Waals surface area contributed by atoms with E-state index in [9.17, 15) is 13.2 Å². The molecule has 0 aliphatic carbocycles. The van der Waals surface area contributed by atoms with Gasteiger partial charge in [-0.1, -0.05) is 54.6 Å². The number of primary sulfonamides is 1. The second-order valence-corrected chi connectivity index (χ2v) is 9.14. The van der Waals surface area contributed by atoms with Crippen LogP contribution < -0.4 is 20.9 Å². The van der Waals surface area contributed by atoms with Gasteiger partial charge in [-0.05, 0) is 48.0 Å². The van der Waals surface area contributed by atoms with Crippen LogP contribution in [0.5, 0.6) is 11.5 Å². The SMILES string of the molecule is N=C(N)c1cccc(Oc2ccccc2C(=O)Nc2ccc(-c3ccccc3S(N)(=O)=O)cc2)c1. The Hall–Kier alpha value is -4.47. The number of carbonyl (C=O) groups excluding carboxylic acids is 1. The van der Waals surface area contributed by atoms with E-state index in [1.807, 2.05) is 0 Å². The number of carbonyl (C=O) groups is 1. The number of para-hydroxylation sites is 1. The molecule has 4 aromatic rings. The lowest BCUT2D eigenvalue weighted by atomic mass is 10.1. The monoisotopic (exact) mass is 486 g/mol. The van der Waals surface area contributed by atoms with Gasteiger partial charge in [-0.3, -0.25) is 10.2 Å². The van der Waals surface area contributed by atoms with Crippen molar-refractivity contribution >= 4 is 27.5 Å². The summed E-state index contributed by atoms with van der Waals surface area (Å²) >= 11 is 0. The summed E-state index contributed by atoms with van der Waals surface area (Å²) in [5.74, 6) is 0.304. The van der Waals surface area contributed by atoms with Gasteiger partial charge in [0.05, 0.1) is 10.5 Å². The first-order valence-corrected chi connectivity index (χ1v) is 12.0. The van der Waals surface area contributed by atoms with Crippen LogP contribution in [0.25, 0.3) is 11.1 Å². The van der Waals surface area contributed by atoms with Crippen molar-refractivity contribution in [2.45, 2.75) is 4.90 Å². The summed E-state index contributed by atoms with van der Waals surface area (Å²) in [4.78, 5) is 13.0. The second-order valence-electron chi connectivity index (χ2n) is 7.61. The summed E-state index contributed by atoms with van der Waals surface area (Å²) in [5, 5.41) is 15.7. The summed E-state index contributed by atoms with van der Waals surface area (Å²) < 4.78 is 29.7. The normalized spacial score (nSPS) is 11.0. The van der Waals surface area contributed by atoms with Crippen molar-refractivity contribution < 1.29 is 17.9 Å². The van der Waals surface area contributed by atoms with E-state index in [-0.39, 0.29) is 16.6 Å². The van der Waals surface area contributed by atoms with Gasteiger partial charge in [0, 0.05) is 16.8 Å². The number of amidine groups is 1. The lowest BCUT2D eigenvalue weighted by Gasteiger charge is -2.13. The molecule has 9 heteroatoms. The molecule has 176 valence electrons. The lowest BCUT2D eigenvalue weighted by Crippen LogP contribution is -2.14. The molecule has 0 saturated carbocycles. The van der Waals surface area contributed by atoms with Crippen LogP contribution >= 0.6 is 0 Å². The highest BCUT2D eigenvalue weighted by Crippen LogP contribution is 2.29. The van der Waals surface area contributed by atoms with E-state index in [2.05, 4.69) is 5.32 Å². The first-order valence-electron chi connectivity index (χ1n) is 10.5. The molecular formula is C26H22N4O4S. The number of amides is 1. The first kappa shape index (κ1) is 23.7. The maximum Gasteiger partial charge on any atom is 0.259 e. The predicted octanol–water partition coefficient (Wildman–Crippen LogP) is 4.33. The Kier molecular flexibility index (Phi) is 6.63. The van der Waals surface area contributed by atoms with Crippen molar-refractivity contribution in [2.24, 2.45) is 10.9 Å². The van der Waals surface area contributed by atoms with Gasteiger partial charge in [0.2, 0.25) is 10.0 Å². The molecule has 0 bridgehead atoms. The maximum atomic E-state index is 13.0. The van der Waals surface area contributed by atoms with Crippen LogP contribution in [0, 0.1) is 5.41 Å². The summed E-state index contributed by atoms with van der Waals surface area (Å²) in [6, 6.07) is 26.7. The molecule has 0 aliphatic rings. The third kappa shape index (κ3) is 5.55. The number of anilines is 1. The lowest BCUT2D eigenvalue weighted by molar-refractivity contribution is 0.102. The predicted molar refractivity (Wildman–Crippen MR) is 135 cm³/mol. The molecule has 8 nitrogen and oxygen atoms in total. The zero-order valence-corrected chi connectivity index (χ0v) is 19.3. The highest BCUT2D eigenvalue weighted by Gasteiger charge is 2.16. The number of benzene rings is 4. The van der Waals surface area contributed by atoms with Gasteiger partial charge in [-0.25, -0.2) is 13.6 Å². The summed E-state index contributed by atoms with van der Waals surface area (Å²) in [6.45, 7) is 0. The average molecular weight is 487 g/mol. The Balaban J connectivity index is 1.55. The van der Waals surface area contributed by atoms with E-state index >= 15 is 0 Å². The molecule has 4 rings (SSSR count). The number of nitrogens with one attached hydrogen (secondary N) is 2. The van der Waals surface area contributed by atoms with E-state index in [4.69, 9.17) is 21.0 Å². The summed E-state index contributed by atoms with van der Waals surface area (Å²) in [7, 11) is -3.89. The maximum absolute atomic E-state index is 13.0. The fourth-order valence-electron chi connectivity index (χ4n) is 3.48. The zero-order chi connectivity index (χ0) is 25.0. The number of ether oxygens (including phenoxy) is 1. The molecule has 35 heavy (non-hydrogen) atoms. The molecule has 0 spiro atoms. The van der Waals surface area contributed by atoms with Crippen LogP contribution in [-0.2, 0) is 10.0 Å². The minimum absolute atomic E-state index is 0.0247. The number of hydrogen-bond acceptors (Lipinski definition) is 5. The summed E-state index contributed by atoms with van der Waals surface area (Å²) in [5.41, 5.74) is 7.99. The van der Waals surface area contributed by atoms with Gasteiger partial charge < -0.3 is 15.8 Å². The van der Waals surface area contributed by atoms with E-state index in [0.29, 0.717) is 39.4 Å². The van der Waals surface area contributed by atoms with Crippen LogP contribution in [-0.4, -0.2) is 20.2 Å². The van der Waals surface area contributed by atoms with Crippen molar-refractivity contribution in [2.75, 3.05) is 5.32 Å². The van der Waals surface area contributed by atoms with E-state index < -0.39 is 10.0 Å². The Morgan fingerprint density at radius 3 is 2.26 bits per heavy atom. The summed E-state index contributed by atoms with van der Waals surface area (Å²) in [6.07, 6.45) is 0.